The summed E-state index contributed by atoms with van der Waals surface area (Å²) in [5.74, 6) is -2.02. The number of nitrogens with zero attached hydrogens (tertiary/aromatic N) is 2. The van der Waals surface area contributed by atoms with E-state index in [4.69, 9.17) is 16.1 Å². The van der Waals surface area contributed by atoms with Crippen LogP contribution in [0.4, 0.5) is 19.0 Å². The van der Waals surface area contributed by atoms with E-state index in [1.54, 1.807) is 0 Å². The summed E-state index contributed by atoms with van der Waals surface area (Å²) in [6.07, 6.45) is -4.96. The van der Waals surface area contributed by atoms with E-state index in [1.165, 1.54) is 6.07 Å². The van der Waals surface area contributed by atoms with Crippen molar-refractivity contribution in [3.05, 3.63) is 11.8 Å². The Morgan fingerprint density at radius 3 is 2.60 bits per heavy atom. The zero-order valence-electron chi connectivity index (χ0n) is 7.04. The van der Waals surface area contributed by atoms with Crippen LogP contribution in [-0.4, -0.2) is 16.5 Å². The minimum Gasteiger partial charge on any atom is -0.504 e. The van der Waals surface area contributed by atoms with Gasteiger partial charge in [-0.2, -0.15) is 5.26 Å². The highest BCUT2D eigenvalue weighted by Gasteiger charge is 2.33. The van der Waals surface area contributed by atoms with E-state index in [-0.39, 0.29) is 0 Å². The third-order valence-electron chi connectivity index (χ3n) is 1.33. The fraction of sp³-hybridized carbons (Fsp3) is 0.143. The van der Waals surface area contributed by atoms with Crippen molar-refractivity contribution in [3.8, 4) is 17.6 Å². The molecule has 0 aliphatic heterocycles. The van der Waals surface area contributed by atoms with Crippen LogP contribution in [0, 0.1) is 11.3 Å². The summed E-state index contributed by atoms with van der Waals surface area (Å²) in [6.45, 7) is 0. The average molecular weight is 219 g/mol. The second-order valence-corrected chi connectivity index (χ2v) is 2.40. The van der Waals surface area contributed by atoms with Crippen molar-refractivity contribution in [3.63, 3.8) is 0 Å². The molecule has 1 aromatic rings. The maximum Gasteiger partial charge on any atom is 0.573 e. The molecule has 0 aromatic carbocycles. The summed E-state index contributed by atoms with van der Waals surface area (Å²) < 4.78 is 38.9. The topological polar surface area (TPSA) is 92.2 Å². The summed E-state index contributed by atoms with van der Waals surface area (Å²) in [7, 11) is 0. The third kappa shape index (κ3) is 2.63. The van der Waals surface area contributed by atoms with Crippen LogP contribution >= 0.6 is 0 Å². The Balaban J connectivity index is 3.18. The molecule has 15 heavy (non-hydrogen) atoms. The molecule has 8 heteroatoms. The van der Waals surface area contributed by atoms with Gasteiger partial charge in [-0.1, -0.05) is 0 Å². The lowest BCUT2D eigenvalue weighted by Gasteiger charge is -2.10. The second kappa shape index (κ2) is 3.53. The van der Waals surface area contributed by atoms with Crippen molar-refractivity contribution in [2.45, 2.75) is 6.36 Å². The Labute approximate surface area is 81.5 Å². The fourth-order valence-electron chi connectivity index (χ4n) is 0.782. The zero-order chi connectivity index (χ0) is 11.6. The van der Waals surface area contributed by atoms with Crippen LogP contribution in [0.2, 0.25) is 0 Å². The number of hydrogen-bond acceptors (Lipinski definition) is 5. The Bertz CT molecular complexity index is 425. The number of pyridine rings is 1. The van der Waals surface area contributed by atoms with Gasteiger partial charge in [-0.3, -0.25) is 0 Å². The molecule has 5 nitrogen and oxygen atoms in total. The maximum atomic E-state index is 11.8. The number of aromatic nitrogens is 1. The van der Waals surface area contributed by atoms with Gasteiger partial charge in [0.25, 0.3) is 0 Å². The molecule has 0 aliphatic rings. The van der Waals surface area contributed by atoms with E-state index in [1.807, 2.05) is 0 Å². The summed E-state index contributed by atoms with van der Waals surface area (Å²) in [5.41, 5.74) is 4.43. The number of anilines is 1. The first-order valence-electron chi connectivity index (χ1n) is 3.49. The van der Waals surface area contributed by atoms with Gasteiger partial charge >= 0.3 is 6.36 Å². The molecule has 3 N–H and O–H groups in total. The minimum atomic E-state index is -4.96. The van der Waals surface area contributed by atoms with Gasteiger partial charge in [0.2, 0.25) is 0 Å². The van der Waals surface area contributed by atoms with Crippen LogP contribution in [0.5, 0.6) is 11.5 Å². The Hall–Kier alpha value is -2.17. The molecule has 0 bridgehead atoms. The predicted octanol–water partition coefficient (Wildman–Crippen LogP) is 1.14. The Morgan fingerprint density at radius 2 is 2.13 bits per heavy atom. The maximum absolute atomic E-state index is 11.8. The van der Waals surface area contributed by atoms with Crippen molar-refractivity contribution in [2.24, 2.45) is 0 Å². The van der Waals surface area contributed by atoms with E-state index >= 15 is 0 Å². The summed E-state index contributed by atoms with van der Waals surface area (Å²) in [6, 6.07) is 1.94. The lowest BCUT2D eigenvalue weighted by atomic mass is 10.3. The van der Waals surface area contributed by atoms with Crippen LogP contribution in [0.15, 0.2) is 6.07 Å². The molecule has 0 atom stereocenters. The Kier molecular flexibility index (Phi) is 2.57. The van der Waals surface area contributed by atoms with Crippen LogP contribution in [0.1, 0.15) is 5.69 Å². The number of rotatable bonds is 1. The minimum absolute atomic E-state index is 0.443. The van der Waals surface area contributed by atoms with Gasteiger partial charge < -0.3 is 15.6 Å². The van der Waals surface area contributed by atoms with Gasteiger partial charge in [-0.25, -0.2) is 4.98 Å². The number of nitrogen functional groups attached to an aromatic ring is 1. The Morgan fingerprint density at radius 1 is 1.53 bits per heavy atom. The molecule has 0 radical (unpaired) electrons. The van der Waals surface area contributed by atoms with Crippen molar-refractivity contribution < 1.29 is 23.0 Å². The van der Waals surface area contributed by atoms with Crippen molar-refractivity contribution >= 4 is 5.82 Å². The molecular formula is C7H4F3N3O2. The summed E-state index contributed by atoms with van der Waals surface area (Å²) in [4.78, 5) is 3.22. The zero-order valence-corrected chi connectivity index (χ0v) is 7.04. The van der Waals surface area contributed by atoms with Gasteiger partial charge in [-0.05, 0) is 0 Å². The van der Waals surface area contributed by atoms with Crippen molar-refractivity contribution in [1.82, 2.24) is 4.98 Å². The first kappa shape index (κ1) is 10.9. The molecule has 1 heterocycles. The number of hydrogen-bond donors (Lipinski definition) is 2. The van der Waals surface area contributed by atoms with Crippen LogP contribution in [0.25, 0.3) is 0 Å². The standard InChI is InChI=1S/C7H4F3N3O2/c8-7(9,10)15-5-1-4(14)6(12)13-3(5)2-11/h1,14H,(H2,12,13). The second-order valence-electron chi connectivity index (χ2n) is 2.40. The normalized spacial score (nSPS) is 10.8. The summed E-state index contributed by atoms with van der Waals surface area (Å²) >= 11 is 0. The lowest BCUT2D eigenvalue weighted by Crippen LogP contribution is -2.18. The average Bonchev–Trinajstić information content (AvgIpc) is 2.08. The predicted molar refractivity (Wildman–Crippen MR) is 41.7 cm³/mol. The molecule has 0 unspecified atom stereocenters. The molecule has 0 saturated heterocycles. The van der Waals surface area contributed by atoms with Crippen molar-refractivity contribution in [2.75, 3.05) is 5.73 Å². The molecular weight excluding hydrogens is 215 g/mol. The number of nitriles is 1. The monoisotopic (exact) mass is 219 g/mol. The lowest BCUT2D eigenvalue weighted by molar-refractivity contribution is -0.274. The highest BCUT2D eigenvalue weighted by Crippen LogP contribution is 2.30. The molecule has 80 valence electrons. The SMILES string of the molecule is N#Cc1nc(N)c(O)cc1OC(F)(F)F. The van der Waals surface area contributed by atoms with Gasteiger partial charge in [-0.15, -0.1) is 13.2 Å². The quantitative estimate of drug-likeness (QED) is 0.738. The van der Waals surface area contributed by atoms with E-state index in [2.05, 4.69) is 9.72 Å². The molecule has 1 aromatic heterocycles. The number of nitrogens with two attached hydrogens (primary N) is 1. The molecule has 0 amide bonds. The fourth-order valence-corrected chi connectivity index (χ4v) is 0.782. The van der Waals surface area contributed by atoms with Crippen LogP contribution in [0.3, 0.4) is 0 Å². The van der Waals surface area contributed by atoms with Crippen molar-refractivity contribution in [1.29, 1.82) is 5.26 Å². The molecule has 0 saturated carbocycles. The van der Waals surface area contributed by atoms with E-state index in [0.29, 0.717) is 6.07 Å². The first-order valence-corrected chi connectivity index (χ1v) is 3.49. The highest BCUT2D eigenvalue weighted by molar-refractivity contribution is 5.53. The van der Waals surface area contributed by atoms with E-state index in [9.17, 15) is 13.2 Å². The molecule has 0 spiro atoms. The number of halogens is 3. The third-order valence-corrected chi connectivity index (χ3v) is 1.33. The van der Waals surface area contributed by atoms with Gasteiger partial charge in [0.15, 0.2) is 23.0 Å². The smallest absolute Gasteiger partial charge is 0.504 e. The van der Waals surface area contributed by atoms with Gasteiger partial charge in [0.1, 0.15) is 6.07 Å². The van der Waals surface area contributed by atoms with E-state index in [0.717, 1.165) is 0 Å². The molecule has 0 aliphatic carbocycles. The molecule has 1 rings (SSSR count). The first-order chi connectivity index (χ1) is 6.83. The molecule has 0 fully saturated rings. The van der Waals surface area contributed by atoms with Crippen LogP contribution < -0.4 is 10.5 Å². The summed E-state index contributed by atoms with van der Waals surface area (Å²) in [5, 5.41) is 17.4. The number of aromatic hydroxyl groups is 1. The van der Waals surface area contributed by atoms with Crippen LogP contribution in [-0.2, 0) is 0 Å². The highest BCUT2D eigenvalue weighted by atomic mass is 19.4. The van der Waals surface area contributed by atoms with E-state index < -0.39 is 29.4 Å². The van der Waals surface area contributed by atoms with Gasteiger partial charge in [0.05, 0.1) is 0 Å². The number of alkyl halides is 3. The van der Waals surface area contributed by atoms with Gasteiger partial charge in [0, 0.05) is 6.07 Å². The largest absolute Gasteiger partial charge is 0.573 e. The number of ether oxygens (including phenoxy) is 1.